The Balaban J connectivity index is 2.05. The van der Waals surface area contributed by atoms with Gasteiger partial charge in [-0.1, -0.05) is 37.3 Å². The molecule has 0 aliphatic carbocycles. The van der Waals surface area contributed by atoms with Crippen LogP contribution < -0.4 is 10.6 Å². The fourth-order valence-electron chi connectivity index (χ4n) is 2.27. The fraction of sp³-hybridized carbons (Fsp3) is 0.235. The van der Waals surface area contributed by atoms with Gasteiger partial charge in [-0.25, -0.2) is 4.39 Å². The summed E-state index contributed by atoms with van der Waals surface area (Å²) in [5.41, 5.74) is 3.10. The maximum absolute atomic E-state index is 13.2. The van der Waals surface area contributed by atoms with Gasteiger partial charge in [0, 0.05) is 5.69 Å². The van der Waals surface area contributed by atoms with E-state index in [1.54, 1.807) is 12.1 Å². The van der Waals surface area contributed by atoms with E-state index in [9.17, 15) is 4.39 Å². The van der Waals surface area contributed by atoms with E-state index in [4.69, 9.17) is 12.2 Å². The van der Waals surface area contributed by atoms with Crippen molar-refractivity contribution in [1.29, 1.82) is 0 Å². The number of hydrogen-bond donors (Lipinski definition) is 2. The van der Waals surface area contributed by atoms with Gasteiger partial charge in [0.15, 0.2) is 5.11 Å². The van der Waals surface area contributed by atoms with Gasteiger partial charge in [-0.2, -0.15) is 0 Å². The van der Waals surface area contributed by atoms with Gasteiger partial charge < -0.3 is 10.6 Å². The number of aryl methyl sites for hydroxylation is 1. The largest absolute Gasteiger partial charge is 0.356 e. The van der Waals surface area contributed by atoms with Crippen molar-refractivity contribution in [3.8, 4) is 0 Å². The maximum Gasteiger partial charge on any atom is 0.171 e. The zero-order chi connectivity index (χ0) is 15.2. The number of rotatable bonds is 4. The molecule has 0 bridgehead atoms. The van der Waals surface area contributed by atoms with Crippen molar-refractivity contribution in [2.75, 3.05) is 5.32 Å². The van der Waals surface area contributed by atoms with E-state index < -0.39 is 0 Å². The van der Waals surface area contributed by atoms with Gasteiger partial charge in [0.05, 0.1) is 6.04 Å². The molecule has 0 heterocycles. The van der Waals surface area contributed by atoms with Crippen molar-refractivity contribution in [2.24, 2.45) is 0 Å². The molecule has 0 spiro atoms. The molecule has 0 fully saturated rings. The Kier molecular flexibility index (Phi) is 5.28. The molecule has 0 saturated heterocycles. The number of benzene rings is 2. The van der Waals surface area contributed by atoms with Gasteiger partial charge in [-0.3, -0.25) is 0 Å². The molecule has 0 saturated carbocycles. The van der Waals surface area contributed by atoms with Gasteiger partial charge in [0.2, 0.25) is 0 Å². The van der Waals surface area contributed by atoms with Crippen LogP contribution in [-0.4, -0.2) is 5.11 Å². The third kappa shape index (κ3) is 4.26. The monoisotopic (exact) mass is 302 g/mol. The van der Waals surface area contributed by atoms with Gasteiger partial charge in [0.25, 0.3) is 0 Å². The van der Waals surface area contributed by atoms with Crippen LogP contribution in [-0.2, 0) is 0 Å². The van der Waals surface area contributed by atoms with Crippen LogP contribution in [0.4, 0.5) is 10.1 Å². The molecule has 4 heteroatoms. The Morgan fingerprint density at radius 2 is 1.95 bits per heavy atom. The molecular formula is C17H19FN2S. The minimum absolute atomic E-state index is 0.139. The number of halogens is 1. The standard InChI is InChI=1S/C17H19FN2S/c1-3-16(15-10-5-4-7-12(15)2)20-17(21)19-14-9-6-8-13(18)11-14/h4-11,16H,3H2,1-2H3,(H2,19,20,21). The van der Waals surface area contributed by atoms with E-state index in [2.05, 4.69) is 36.6 Å². The highest BCUT2D eigenvalue weighted by atomic mass is 32.1. The number of thiocarbonyl (C=S) groups is 1. The van der Waals surface area contributed by atoms with Crippen LogP contribution in [0.5, 0.6) is 0 Å². The summed E-state index contributed by atoms with van der Waals surface area (Å²) < 4.78 is 13.2. The molecule has 0 amide bonds. The molecule has 21 heavy (non-hydrogen) atoms. The zero-order valence-electron chi connectivity index (χ0n) is 12.2. The Morgan fingerprint density at radius 3 is 2.62 bits per heavy atom. The molecule has 0 aromatic heterocycles. The molecule has 0 aliphatic heterocycles. The summed E-state index contributed by atoms with van der Waals surface area (Å²) in [5, 5.41) is 6.80. The quantitative estimate of drug-likeness (QED) is 0.809. The minimum atomic E-state index is -0.284. The predicted octanol–water partition coefficient (Wildman–Crippen LogP) is 4.57. The first-order chi connectivity index (χ1) is 10.1. The summed E-state index contributed by atoms with van der Waals surface area (Å²) in [6, 6.07) is 14.6. The van der Waals surface area contributed by atoms with Gasteiger partial charge >= 0.3 is 0 Å². The van der Waals surface area contributed by atoms with Crippen LogP contribution in [0.15, 0.2) is 48.5 Å². The molecule has 0 aliphatic rings. The van der Waals surface area contributed by atoms with Crippen LogP contribution in [0.3, 0.4) is 0 Å². The van der Waals surface area contributed by atoms with E-state index in [0.717, 1.165) is 6.42 Å². The van der Waals surface area contributed by atoms with Gasteiger partial charge in [0.1, 0.15) is 5.82 Å². The van der Waals surface area contributed by atoms with Crippen LogP contribution in [0.25, 0.3) is 0 Å². The van der Waals surface area contributed by atoms with E-state index in [1.165, 1.54) is 23.3 Å². The average Bonchev–Trinajstić information content (AvgIpc) is 2.45. The predicted molar refractivity (Wildman–Crippen MR) is 90.0 cm³/mol. The van der Waals surface area contributed by atoms with Gasteiger partial charge in [-0.15, -0.1) is 0 Å². The smallest absolute Gasteiger partial charge is 0.171 e. The van der Waals surface area contributed by atoms with Crippen molar-refractivity contribution in [2.45, 2.75) is 26.3 Å². The zero-order valence-corrected chi connectivity index (χ0v) is 13.0. The highest BCUT2D eigenvalue weighted by molar-refractivity contribution is 7.80. The van der Waals surface area contributed by atoms with Crippen LogP contribution in [0.1, 0.15) is 30.5 Å². The third-order valence-electron chi connectivity index (χ3n) is 3.36. The molecule has 0 radical (unpaired) electrons. The van der Waals surface area contributed by atoms with Crippen molar-refractivity contribution in [3.05, 3.63) is 65.5 Å². The van der Waals surface area contributed by atoms with E-state index in [-0.39, 0.29) is 11.9 Å². The van der Waals surface area contributed by atoms with E-state index in [1.807, 2.05) is 12.1 Å². The Bertz CT molecular complexity index is 628. The lowest BCUT2D eigenvalue weighted by molar-refractivity contribution is 0.624. The van der Waals surface area contributed by atoms with E-state index in [0.29, 0.717) is 10.8 Å². The van der Waals surface area contributed by atoms with Crippen molar-refractivity contribution in [1.82, 2.24) is 5.32 Å². The lowest BCUT2D eigenvalue weighted by Gasteiger charge is -2.21. The molecule has 2 aromatic carbocycles. The highest BCUT2D eigenvalue weighted by Crippen LogP contribution is 2.20. The van der Waals surface area contributed by atoms with E-state index >= 15 is 0 Å². The summed E-state index contributed by atoms with van der Waals surface area (Å²) in [7, 11) is 0. The van der Waals surface area contributed by atoms with Crippen molar-refractivity contribution in [3.63, 3.8) is 0 Å². The van der Waals surface area contributed by atoms with Crippen LogP contribution >= 0.6 is 12.2 Å². The first-order valence-electron chi connectivity index (χ1n) is 6.98. The topological polar surface area (TPSA) is 24.1 Å². The summed E-state index contributed by atoms with van der Waals surface area (Å²) in [6.45, 7) is 4.19. The molecule has 110 valence electrons. The number of anilines is 1. The lowest BCUT2D eigenvalue weighted by Crippen LogP contribution is -2.32. The van der Waals surface area contributed by atoms with Crippen molar-refractivity contribution < 1.29 is 4.39 Å². The van der Waals surface area contributed by atoms with Crippen LogP contribution in [0.2, 0.25) is 0 Å². The first-order valence-corrected chi connectivity index (χ1v) is 7.39. The number of hydrogen-bond acceptors (Lipinski definition) is 1. The average molecular weight is 302 g/mol. The normalized spacial score (nSPS) is 11.8. The summed E-state index contributed by atoms with van der Waals surface area (Å²) >= 11 is 5.32. The maximum atomic E-state index is 13.2. The molecule has 2 aromatic rings. The van der Waals surface area contributed by atoms with Gasteiger partial charge in [-0.05, 0) is 54.9 Å². The molecule has 2 N–H and O–H groups in total. The Morgan fingerprint density at radius 1 is 1.19 bits per heavy atom. The SMILES string of the molecule is CCC(NC(=S)Nc1cccc(F)c1)c1ccccc1C. The Hall–Kier alpha value is -1.94. The molecule has 2 nitrogen and oxygen atoms in total. The minimum Gasteiger partial charge on any atom is -0.356 e. The molecule has 1 unspecified atom stereocenters. The van der Waals surface area contributed by atoms with Crippen LogP contribution in [0, 0.1) is 12.7 Å². The van der Waals surface area contributed by atoms with Crippen molar-refractivity contribution >= 4 is 23.0 Å². The summed E-state index contributed by atoms with van der Waals surface area (Å²) in [6.07, 6.45) is 0.913. The highest BCUT2D eigenvalue weighted by Gasteiger charge is 2.12. The second-order valence-electron chi connectivity index (χ2n) is 4.93. The molecule has 1 atom stereocenters. The molecular weight excluding hydrogens is 283 g/mol. The third-order valence-corrected chi connectivity index (χ3v) is 3.58. The number of nitrogens with one attached hydrogen (secondary N) is 2. The first kappa shape index (κ1) is 15.4. The lowest BCUT2D eigenvalue weighted by atomic mass is 10.00. The summed E-state index contributed by atoms with van der Waals surface area (Å²) in [5.74, 6) is -0.284. The Labute approximate surface area is 130 Å². The molecule has 2 rings (SSSR count). The second kappa shape index (κ2) is 7.18. The second-order valence-corrected chi connectivity index (χ2v) is 5.33. The summed E-state index contributed by atoms with van der Waals surface area (Å²) in [4.78, 5) is 0. The fourth-order valence-corrected chi connectivity index (χ4v) is 2.53.